The SMILES string of the molecule is CCC(C)(O)Cc1c(OC)ccc(/C=C\C(=O)Nc2ccccc2N)c1OC(=O)c1ccccc1. The summed E-state index contributed by atoms with van der Waals surface area (Å²) in [5.74, 6) is -0.281. The standard InChI is InChI=1S/C28H30N2O5/c1-4-28(2,33)18-21-24(34-3)16-14-19(26(21)35-27(32)20-10-6-5-7-11-20)15-17-25(31)30-23-13-9-8-12-22(23)29/h5-17,33H,4,18,29H2,1-3H3,(H,30,31)/b17-15-. The Morgan fingerprint density at radius 2 is 1.74 bits per heavy atom. The second-order valence-electron chi connectivity index (χ2n) is 8.36. The van der Waals surface area contributed by atoms with Crippen molar-refractivity contribution in [2.45, 2.75) is 32.3 Å². The van der Waals surface area contributed by atoms with Gasteiger partial charge in [-0.1, -0.05) is 37.3 Å². The summed E-state index contributed by atoms with van der Waals surface area (Å²) in [6, 6.07) is 18.9. The van der Waals surface area contributed by atoms with E-state index in [0.717, 1.165) is 0 Å². The fraction of sp³-hybridized carbons (Fsp3) is 0.214. The lowest BCUT2D eigenvalue weighted by Gasteiger charge is -2.25. The van der Waals surface area contributed by atoms with Gasteiger partial charge in [-0.15, -0.1) is 0 Å². The maximum absolute atomic E-state index is 12.9. The summed E-state index contributed by atoms with van der Waals surface area (Å²) >= 11 is 0. The number of esters is 1. The molecule has 0 aromatic heterocycles. The first kappa shape index (κ1) is 25.5. The van der Waals surface area contributed by atoms with Crippen LogP contribution in [0.1, 0.15) is 41.8 Å². The molecule has 0 saturated heterocycles. The van der Waals surface area contributed by atoms with Crippen LogP contribution in [0.25, 0.3) is 6.08 Å². The molecule has 7 heteroatoms. The maximum atomic E-state index is 12.9. The summed E-state index contributed by atoms with van der Waals surface area (Å²) in [6.45, 7) is 3.57. The van der Waals surface area contributed by atoms with Gasteiger partial charge in [0.25, 0.3) is 0 Å². The average molecular weight is 475 g/mol. The van der Waals surface area contributed by atoms with Crippen LogP contribution in [0.5, 0.6) is 11.5 Å². The molecule has 1 amide bonds. The van der Waals surface area contributed by atoms with Crippen LogP contribution in [0, 0.1) is 0 Å². The molecule has 0 spiro atoms. The summed E-state index contributed by atoms with van der Waals surface area (Å²) in [5.41, 5.74) is 7.15. The zero-order valence-electron chi connectivity index (χ0n) is 20.1. The minimum Gasteiger partial charge on any atom is -0.496 e. The predicted octanol–water partition coefficient (Wildman–Crippen LogP) is 4.85. The first-order chi connectivity index (χ1) is 16.7. The molecular weight excluding hydrogens is 444 g/mol. The number of para-hydroxylation sites is 2. The van der Waals surface area contributed by atoms with E-state index >= 15 is 0 Å². The van der Waals surface area contributed by atoms with Crippen LogP contribution in [0.3, 0.4) is 0 Å². The molecule has 3 aromatic rings. The Balaban J connectivity index is 2.00. The number of amides is 1. The van der Waals surface area contributed by atoms with Crippen molar-refractivity contribution in [3.63, 3.8) is 0 Å². The van der Waals surface area contributed by atoms with E-state index in [1.807, 2.05) is 6.92 Å². The molecule has 182 valence electrons. The largest absolute Gasteiger partial charge is 0.496 e. The molecule has 4 N–H and O–H groups in total. The average Bonchev–Trinajstić information content (AvgIpc) is 2.86. The molecule has 35 heavy (non-hydrogen) atoms. The van der Waals surface area contributed by atoms with Crippen molar-refractivity contribution in [3.8, 4) is 11.5 Å². The lowest BCUT2D eigenvalue weighted by molar-refractivity contribution is -0.111. The molecule has 1 unspecified atom stereocenters. The Labute approximate surface area is 205 Å². The van der Waals surface area contributed by atoms with Gasteiger partial charge in [0.2, 0.25) is 5.91 Å². The van der Waals surface area contributed by atoms with E-state index in [1.165, 1.54) is 13.2 Å². The van der Waals surface area contributed by atoms with Crippen molar-refractivity contribution in [2.24, 2.45) is 0 Å². The number of hydrogen-bond acceptors (Lipinski definition) is 6. The number of nitrogens with one attached hydrogen (secondary N) is 1. The topological polar surface area (TPSA) is 111 Å². The summed E-state index contributed by atoms with van der Waals surface area (Å²) in [5, 5.41) is 13.5. The first-order valence-corrected chi connectivity index (χ1v) is 11.3. The molecule has 3 rings (SSSR count). The van der Waals surface area contributed by atoms with Crippen molar-refractivity contribution in [1.82, 2.24) is 0 Å². The van der Waals surface area contributed by atoms with E-state index in [-0.39, 0.29) is 12.2 Å². The molecule has 0 aliphatic heterocycles. The number of aliphatic hydroxyl groups is 1. The summed E-state index contributed by atoms with van der Waals surface area (Å²) < 4.78 is 11.3. The van der Waals surface area contributed by atoms with E-state index in [4.69, 9.17) is 15.2 Å². The van der Waals surface area contributed by atoms with E-state index in [1.54, 1.807) is 79.7 Å². The van der Waals surface area contributed by atoms with E-state index in [9.17, 15) is 14.7 Å². The molecule has 3 aromatic carbocycles. The minimum absolute atomic E-state index is 0.179. The van der Waals surface area contributed by atoms with Gasteiger partial charge in [0.05, 0.1) is 29.6 Å². The molecule has 0 aliphatic rings. The van der Waals surface area contributed by atoms with Gasteiger partial charge in [0.1, 0.15) is 11.5 Å². The van der Waals surface area contributed by atoms with Crippen molar-refractivity contribution >= 4 is 29.3 Å². The zero-order chi connectivity index (χ0) is 25.4. The van der Waals surface area contributed by atoms with Gasteiger partial charge in [0.15, 0.2) is 0 Å². The third-order valence-electron chi connectivity index (χ3n) is 5.62. The minimum atomic E-state index is -1.06. The fourth-order valence-electron chi connectivity index (χ4n) is 3.42. The molecule has 7 nitrogen and oxygen atoms in total. The Morgan fingerprint density at radius 3 is 2.40 bits per heavy atom. The highest BCUT2D eigenvalue weighted by Gasteiger charge is 2.26. The highest BCUT2D eigenvalue weighted by atomic mass is 16.5. The molecule has 0 bridgehead atoms. The number of carbonyl (C=O) groups is 2. The molecule has 0 aliphatic carbocycles. The van der Waals surface area contributed by atoms with Crippen LogP contribution in [0.15, 0.2) is 72.8 Å². The van der Waals surface area contributed by atoms with E-state index in [0.29, 0.717) is 40.2 Å². The van der Waals surface area contributed by atoms with Gasteiger partial charge < -0.3 is 25.6 Å². The van der Waals surface area contributed by atoms with Crippen LogP contribution < -0.4 is 20.5 Å². The summed E-state index contributed by atoms with van der Waals surface area (Å²) in [7, 11) is 1.51. The van der Waals surface area contributed by atoms with Gasteiger partial charge in [-0.2, -0.15) is 0 Å². The van der Waals surface area contributed by atoms with Crippen molar-refractivity contribution < 1.29 is 24.2 Å². The summed E-state index contributed by atoms with van der Waals surface area (Å²) in [6.07, 6.45) is 3.53. The van der Waals surface area contributed by atoms with Gasteiger partial charge in [0, 0.05) is 23.6 Å². The lowest BCUT2D eigenvalue weighted by atomic mass is 9.91. The monoisotopic (exact) mass is 474 g/mol. The second-order valence-corrected chi connectivity index (χ2v) is 8.36. The third-order valence-corrected chi connectivity index (χ3v) is 5.62. The van der Waals surface area contributed by atoms with Crippen molar-refractivity contribution in [2.75, 3.05) is 18.2 Å². The van der Waals surface area contributed by atoms with Crippen molar-refractivity contribution in [3.05, 3.63) is 89.5 Å². The molecule has 0 heterocycles. The highest BCUT2D eigenvalue weighted by Crippen LogP contribution is 2.37. The number of rotatable bonds is 9. The summed E-state index contributed by atoms with van der Waals surface area (Å²) in [4.78, 5) is 25.5. The van der Waals surface area contributed by atoms with E-state index < -0.39 is 17.5 Å². The number of hydrogen-bond donors (Lipinski definition) is 3. The van der Waals surface area contributed by atoms with Gasteiger partial charge in [-0.05, 0) is 55.8 Å². The number of nitrogen functional groups attached to an aromatic ring is 1. The smallest absolute Gasteiger partial charge is 0.343 e. The first-order valence-electron chi connectivity index (χ1n) is 11.3. The number of anilines is 2. The molecule has 0 fully saturated rings. The Bertz CT molecular complexity index is 1220. The van der Waals surface area contributed by atoms with Crippen LogP contribution in [0.2, 0.25) is 0 Å². The zero-order valence-corrected chi connectivity index (χ0v) is 20.1. The second kappa shape index (κ2) is 11.4. The van der Waals surface area contributed by atoms with Gasteiger partial charge in [-0.25, -0.2) is 4.79 Å². The molecule has 1 atom stereocenters. The van der Waals surface area contributed by atoms with Gasteiger partial charge in [-0.3, -0.25) is 4.79 Å². The number of methoxy groups -OCH3 is 1. The predicted molar refractivity (Wildman–Crippen MR) is 138 cm³/mol. The number of benzene rings is 3. The number of nitrogens with two attached hydrogens (primary N) is 1. The third kappa shape index (κ3) is 6.71. The molecular formula is C28H30N2O5. The Kier molecular flexibility index (Phi) is 8.28. The van der Waals surface area contributed by atoms with Crippen molar-refractivity contribution in [1.29, 1.82) is 0 Å². The Hall–Kier alpha value is -4.10. The van der Waals surface area contributed by atoms with Crippen LogP contribution >= 0.6 is 0 Å². The number of ether oxygens (including phenoxy) is 2. The highest BCUT2D eigenvalue weighted by molar-refractivity contribution is 6.04. The number of carbonyl (C=O) groups excluding carboxylic acids is 2. The fourth-order valence-corrected chi connectivity index (χ4v) is 3.42. The van der Waals surface area contributed by atoms with Gasteiger partial charge >= 0.3 is 5.97 Å². The van der Waals surface area contributed by atoms with Crippen LogP contribution in [-0.2, 0) is 11.2 Å². The lowest BCUT2D eigenvalue weighted by Crippen LogP contribution is -2.27. The molecule has 0 radical (unpaired) electrons. The maximum Gasteiger partial charge on any atom is 0.343 e. The van der Waals surface area contributed by atoms with Crippen LogP contribution in [0.4, 0.5) is 11.4 Å². The molecule has 0 saturated carbocycles. The Morgan fingerprint density at radius 1 is 1.06 bits per heavy atom. The quantitative estimate of drug-likeness (QED) is 0.177. The van der Waals surface area contributed by atoms with E-state index in [2.05, 4.69) is 5.32 Å². The normalized spacial score (nSPS) is 12.7. The van der Waals surface area contributed by atoms with Crippen LogP contribution in [-0.4, -0.2) is 29.7 Å².